The first kappa shape index (κ1) is 16.8. The first-order valence-electron chi connectivity index (χ1n) is 6.07. The summed E-state index contributed by atoms with van der Waals surface area (Å²) in [5, 5.41) is 0. The van der Waals surface area contributed by atoms with Crippen molar-refractivity contribution in [3.63, 3.8) is 0 Å². The summed E-state index contributed by atoms with van der Waals surface area (Å²) in [4.78, 5) is 0.218. The van der Waals surface area contributed by atoms with Crippen LogP contribution in [-0.4, -0.2) is 13.2 Å². The quantitative estimate of drug-likeness (QED) is 0.709. The van der Waals surface area contributed by atoms with Gasteiger partial charge in [0.05, 0.1) is 13.2 Å². The van der Waals surface area contributed by atoms with Gasteiger partial charge in [0.2, 0.25) is 0 Å². The van der Waals surface area contributed by atoms with Gasteiger partial charge in [-0.05, 0) is 43.9 Å². The van der Waals surface area contributed by atoms with Crippen LogP contribution in [-0.2, 0) is 18.3 Å². The van der Waals surface area contributed by atoms with Gasteiger partial charge in [0.25, 0.3) is 0 Å². The topological polar surface area (TPSA) is 51.2 Å². The Kier molecular flexibility index (Phi) is 4.62. The molecule has 0 saturated heterocycles. The lowest BCUT2D eigenvalue weighted by Gasteiger charge is -2.23. The largest absolute Gasteiger partial charge is 0.265 e. The lowest BCUT2D eigenvalue weighted by Crippen LogP contribution is -2.28. The van der Waals surface area contributed by atoms with Gasteiger partial charge in [0.15, 0.2) is 31.0 Å². The molecule has 0 bridgehead atoms. The normalized spacial score (nSPS) is 13.6. The van der Waals surface area contributed by atoms with Crippen molar-refractivity contribution in [1.82, 2.24) is 0 Å². The molecule has 1 aromatic rings. The molecule has 19 heavy (non-hydrogen) atoms. The van der Waals surface area contributed by atoms with Gasteiger partial charge in [-0.25, -0.2) is 8.42 Å². The highest BCUT2D eigenvalue weighted by Crippen LogP contribution is 2.33. The van der Waals surface area contributed by atoms with Crippen molar-refractivity contribution in [3.05, 3.63) is 27.3 Å². The zero-order valence-electron chi connectivity index (χ0n) is 12.2. The van der Waals surface area contributed by atoms with E-state index in [4.69, 9.17) is 0 Å². The summed E-state index contributed by atoms with van der Waals surface area (Å²) in [6, 6.07) is 5.20. The minimum atomic E-state index is -3.45. The molecule has 0 radical (unpaired) electrons. The minimum absolute atomic E-state index is 0.0856. The SMILES string of the molecule is CC(C)(C)c1ccc(S(=O)(=O)C(C)(C)C)c(I=O)c1. The maximum atomic E-state index is 12.5. The molecule has 108 valence electrons. The summed E-state index contributed by atoms with van der Waals surface area (Å²) in [6.45, 7) is 11.1. The van der Waals surface area contributed by atoms with E-state index in [0.29, 0.717) is 3.57 Å². The van der Waals surface area contributed by atoms with Crippen LogP contribution in [0.5, 0.6) is 0 Å². The van der Waals surface area contributed by atoms with E-state index in [1.807, 2.05) is 26.8 Å². The Morgan fingerprint density at radius 2 is 1.53 bits per heavy atom. The molecular formula is C14H21IO3S. The lowest BCUT2D eigenvalue weighted by atomic mass is 9.87. The molecule has 5 heteroatoms. The molecule has 0 saturated carbocycles. The maximum absolute atomic E-state index is 12.5. The molecule has 0 fully saturated rings. The van der Waals surface area contributed by atoms with E-state index in [9.17, 15) is 11.5 Å². The van der Waals surface area contributed by atoms with E-state index < -0.39 is 35.8 Å². The molecule has 0 amide bonds. The van der Waals surface area contributed by atoms with Gasteiger partial charge in [-0.2, -0.15) is 0 Å². The average Bonchev–Trinajstić information content (AvgIpc) is 2.25. The second-order valence-corrected chi connectivity index (χ2v) is 10.9. The van der Waals surface area contributed by atoms with Crippen LogP contribution in [0.3, 0.4) is 0 Å². The molecule has 0 spiro atoms. The van der Waals surface area contributed by atoms with Gasteiger partial charge in [0.1, 0.15) is 0 Å². The van der Waals surface area contributed by atoms with Crippen molar-refractivity contribution in [3.8, 4) is 0 Å². The number of halogens is 1. The smallest absolute Gasteiger partial charge is 0.184 e. The van der Waals surface area contributed by atoms with Crippen LogP contribution >= 0.6 is 21.2 Å². The maximum Gasteiger partial charge on any atom is 0.184 e. The molecule has 0 heterocycles. The highest BCUT2D eigenvalue weighted by atomic mass is 127. The molecule has 1 aromatic carbocycles. The number of sulfone groups is 1. The van der Waals surface area contributed by atoms with Crippen LogP contribution in [0.1, 0.15) is 47.1 Å². The molecular weight excluding hydrogens is 375 g/mol. The molecule has 0 aromatic heterocycles. The van der Waals surface area contributed by atoms with Gasteiger partial charge >= 0.3 is 0 Å². The lowest BCUT2D eigenvalue weighted by molar-refractivity contribution is 0.558. The first-order valence-corrected chi connectivity index (χ1v) is 9.52. The van der Waals surface area contributed by atoms with E-state index >= 15 is 0 Å². The standard InChI is InChI=1S/C14H21IO3S/c1-13(2,3)10-7-8-12(11(9-10)15-16)19(17,18)14(4,5)6/h7-9H,1-6H3. The van der Waals surface area contributed by atoms with Crippen molar-refractivity contribution in [2.24, 2.45) is 0 Å². The number of hydrogen-bond donors (Lipinski definition) is 0. The van der Waals surface area contributed by atoms with Crippen LogP contribution in [0, 0.1) is 3.57 Å². The van der Waals surface area contributed by atoms with Crippen molar-refractivity contribution in [2.45, 2.75) is 56.6 Å². The summed E-state index contributed by atoms with van der Waals surface area (Å²) in [5.74, 6) is 0. The van der Waals surface area contributed by atoms with Crippen molar-refractivity contribution >= 4 is 31.0 Å². The van der Waals surface area contributed by atoms with Crippen LogP contribution < -0.4 is 0 Å². The van der Waals surface area contributed by atoms with Crippen molar-refractivity contribution < 1.29 is 11.5 Å². The third-order valence-corrected chi connectivity index (χ3v) is 7.26. The van der Waals surface area contributed by atoms with E-state index in [1.54, 1.807) is 32.9 Å². The third-order valence-electron chi connectivity index (χ3n) is 2.98. The van der Waals surface area contributed by atoms with E-state index in [2.05, 4.69) is 0 Å². The molecule has 0 aliphatic rings. The Hall–Kier alpha value is -0.300. The van der Waals surface area contributed by atoms with Crippen LogP contribution in [0.4, 0.5) is 0 Å². The van der Waals surface area contributed by atoms with Gasteiger partial charge in [-0.15, -0.1) is 0 Å². The van der Waals surface area contributed by atoms with Crippen molar-refractivity contribution in [1.29, 1.82) is 0 Å². The van der Waals surface area contributed by atoms with Gasteiger partial charge < -0.3 is 0 Å². The Bertz CT molecular complexity index is 590. The second kappa shape index (κ2) is 5.24. The summed E-state index contributed by atoms with van der Waals surface area (Å²) >= 11 is -1.52. The average molecular weight is 396 g/mol. The fraction of sp³-hybridized carbons (Fsp3) is 0.571. The van der Waals surface area contributed by atoms with Crippen molar-refractivity contribution in [2.75, 3.05) is 0 Å². The fourth-order valence-corrected chi connectivity index (χ4v) is 4.74. The fourth-order valence-electron chi connectivity index (χ4n) is 1.58. The molecule has 3 nitrogen and oxygen atoms in total. The summed E-state index contributed by atoms with van der Waals surface area (Å²) in [7, 11) is -3.45. The molecule has 0 unspecified atom stereocenters. The minimum Gasteiger partial charge on any atom is -0.265 e. The van der Waals surface area contributed by atoms with E-state index in [1.165, 1.54) is 0 Å². The molecule has 0 aliphatic heterocycles. The van der Waals surface area contributed by atoms with Gasteiger partial charge in [0, 0.05) is 0 Å². The molecule has 0 aliphatic carbocycles. The highest BCUT2D eigenvalue weighted by molar-refractivity contribution is 14.1. The van der Waals surface area contributed by atoms with Crippen LogP contribution in [0.15, 0.2) is 23.1 Å². The zero-order chi connectivity index (χ0) is 15.1. The Morgan fingerprint density at radius 3 is 1.89 bits per heavy atom. The Morgan fingerprint density at radius 1 is 1.00 bits per heavy atom. The summed E-state index contributed by atoms with van der Waals surface area (Å²) in [6.07, 6.45) is 0. The Balaban J connectivity index is 3.54. The first-order chi connectivity index (χ1) is 8.41. The van der Waals surface area contributed by atoms with Gasteiger partial charge in [-0.3, -0.25) is 3.07 Å². The number of hydrogen-bond acceptors (Lipinski definition) is 3. The summed E-state index contributed by atoms with van der Waals surface area (Å²) < 4.78 is 36.0. The van der Waals surface area contributed by atoms with Crippen LogP contribution in [0.2, 0.25) is 0 Å². The molecule has 0 atom stereocenters. The number of benzene rings is 1. The molecule has 0 N–H and O–H groups in total. The van der Waals surface area contributed by atoms with E-state index in [-0.39, 0.29) is 10.3 Å². The summed E-state index contributed by atoms with van der Waals surface area (Å²) in [5.41, 5.74) is 0.920. The number of rotatable bonds is 2. The zero-order valence-corrected chi connectivity index (χ0v) is 15.2. The third kappa shape index (κ3) is 3.42. The predicted molar refractivity (Wildman–Crippen MR) is 85.5 cm³/mol. The second-order valence-electron chi connectivity index (χ2n) is 6.59. The van der Waals surface area contributed by atoms with Crippen LogP contribution in [0.25, 0.3) is 0 Å². The van der Waals surface area contributed by atoms with Gasteiger partial charge in [-0.1, -0.05) is 26.8 Å². The predicted octanol–water partition coefficient (Wildman–Crippen LogP) is 4.04. The monoisotopic (exact) mass is 396 g/mol. The van der Waals surface area contributed by atoms with E-state index in [0.717, 1.165) is 5.56 Å². The highest BCUT2D eigenvalue weighted by Gasteiger charge is 2.33. The Labute approximate surface area is 126 Å². The molecule has 1 rings (SSSR count).